The Bertz CT molecular complexity index is 345. The summed E-state index contributed by atoms with van der Waals surface area (Å²) in [6.07, 6.45) is -0.129. The van der Waals surface area contributed by atoms with Crippen molar-refractivity contribution in [2.45, 2.75) is 6.42 Å². The molecule has 1 heterocycles. The minimum atomic E-state index is -0.912. The van der Waals surface area contributed by atoms with Crippen LogP contribution in [0, 0.1) is 11.8 Å². The Morgan fingerprint density at radius 1 is 1.67 bits per heavy atom. The van der Waals surface area contributed by atoms with Crippen molar-refractivity contribution in [2.75, 3.05) is 0 Å². The van der Waals surface area contributed by atoms with Crippen molar-refractivity contribution in [1.29, 1.82) is 0 Å². The number of carbonyl (C=O) groups is 1. The molecule has 1 N–H and O–H groups in total. The van der Waals surface area contributed by atoms with E-state index in [4.69, 9.17) is 16.7 Å². The maximum Gasteiger partial charge on any atom is 0.315 e. The van der Waals surface area contributed by atoms with Gasteiger partial charge in [0.25, 0.3) is 0 Å². The average Bonchev–Trinajstić information content (AvgIpc) is 2.35. The second kappa shape index (κ2) is 4.15. The third-order valence-electron chi connectivity index (χ3n) is 1.02. The first-order valence-electron chi connectivity index (χ1n) is 3.14. The van der Waals surface area contributed by atoms with Gasteiger partial charge < -0.3 is 5.11 Å². The molecule has 0 atom stereocenters. The Morgan fingerprint density at radius 3 is 2.92 bits per heavy atom. The van der Waals surface area contributed by atoms with E-state index >= 15 is 0 Å². The lowest BCUT2D eigenvalue weighted by molar-refractivity contribution is -0.135. The zero-order valence-corrected chi connectivity index (χ0v) is 7.58. The summed E-state index contributed by atoms with van der Waals surface area (Å²) in [5.74, 6) is 4.30. The Kier molecular flexibility index (Phi) is 3.15. The summed E-state index contributed by atoms with van der Waals surface area (Å²) in [5.41, 5.74) is 0. The van der Waals surface area contributed by atoms with Crippen LogP contribution in [-0.2, 0) is 4.79 Å². The highest BCUT2D eigenvalue weighted by atomic mass is 35.5. The minimum absolute atomic E-state index is 0.129. The van der Waals surface area contributed by atoms with E-state index in [0.29, 0.717) is 4.34 Å². The van der Waals surface area contributed by atoms with Gasteiger partial charge in [0, 0.05) is 0 Å². The highest BCUT2D eigenvalue weighted by Crippen LogP contribution is 2.20. The van der Waals surface area contributed by atoms with Crippen LogP contribution in [0.5, 0.6) is 0 Å². The van der Waals surface area contributed by atoms with Crippen molar-refractivity contribution >= 4 is 28.9 Å². The van der Waals surface area contributed by atoms with Crippen LogP contribution in [0.15, 0.2) is 12.1 Å². The lowest BCUT2D eigenvalue weighted by Crippen LogP contribution is -1.89. The summed E-state index contributed by atoms with van der Waals surface area (Å²) in [6, 6.07) is 3.50. The van der Waals surface area contributed by atoms with Crippen LogP contribution in [0.4, 0.5) is 0 Å². The first-order chi connectivity index (χ1) is 5.68. The number of halogens is 1. The molecule has 1 aromatic rings. The fourth-order valence-electron chi connectivity index (χ4n) is 0.588. The Morgan fingerprint density at radius 2 is 2.42 bits per heavy atom. The van der Waals surface area contributed by atoms with Crippen LogP contribution >= 0.6 is 22.9 Å². The molecule has 0 spiro atoms. The van der Waals surface area contributed by atoms with Gasteiger partial charge in [-0.1, -0.05) is 23.4 Å². The predicted octanol–water partition coefficient (Wildman–Crippen LogP) is 2.23. The summed E-state index contributed by atoms with van der Waals surface area (Å²) in [6.45, 7) is 0. The highest BCUT2D eigenvalue weighted by molar-refractivity contribution is 7.16. The molecular weight excluding hydrogens is 196 g/mol. The molecule has 0 fully saturated rings. The topological polar surface area (TPSA) is 37.3 Å². The largest absolute Gasteiger partial charge is 0.481 e. The molecule has 0 unspecified atom stereocenters. The van der Waals surface area contributed by atoms with Gasteiger partial charge in [0.05, 0.1) is 9.21 Å². The molecule has 0 amide bonds. The lowest BCUT2D eigenvalue weighted by atomic mass is 10.4. The van der Waals surface area contributed by atoms with Crippen LogP contribution in [0.2, 0.25) is 4.34 Å². The molecule has 12 heavy (non-hydrogen) atoms. The van der Waals surface area contributed by atoms with Crippen molar-refractivity contribution < 1.29 is 9.90 Å². The molecular formula is C8H5ClO2S. The molecule has 0 aliphatic carbocycles. The van der Waals surface area contributed by atoms with Crippen molar-refractivity contribution in [2.24, 2.45) is 0 Å². The Labute approximate surface area is 78.8 Å². The van der Waals surface area contributed by atoms with Gasteiger partial charge in [-0.15, -0.1) is 11.3 Å². The van der Waals surface area contributed by atoms with E-state index in [-0.39, 0.29) is 6.42 Å². The van der Waals surface area contributed by atoms with E-state index in [1.807, 2.05) is 0 Å². The van der Waals surface area contributed by atoms with Crippen molar-refractivity contribution in [3.05, 3.63) is 21.3 Å². The van der Waals surface area contributed by atoms with Gasteiger partial charge in [-0.25, -0.2) is 0 Å². The number of hydrogen-bond donors (Lipinski definition) is 1. The van der Waals surface area contributed by atoms with Crippen LogP contribution in [-0.4, -0.2) is 11.1 Å². The Balaban J connectivity index is 2.60. The van der Waals surface area contributed by atoms with Crippen molar-refractivity contribution in [3.63, 3.8) is 0 Å². The van der Waals surface area contributed by atoms with E-state index in [1.54, 1.807) is 12.1 Å². The van der Waals surface area contributed by atoms with Gasteiger partial charge in [-0.3, -0.25) is 4.79 Å². The fourth-order valence-corrected chi connectivity index (χ4v) is 1.51. The first-order valence-corrected chi connectivity index (χ1v) is 4.34. The van der Waals surface area contributed by atoms with E-state index < -0.39 is 5.97 Å². The van der Waals surface area contributed by atoms with E-state index in [9.17, 15) is 4.79 Å². The zero-order valence-electron chi connectivity index (χ0n) is 6.00. The van der Waals surface area contributed by atoms with Crippen LogP contribution in [0.1, 0.15) is 11.3 Å². The summed E-state index contributed by atoms with van der Waals surface area (Å²) in [5, 5.41) is 8.27. The summed E-state index contributed by atoms with van der Waals surface area (Å²) in [4.78, 5) is 10.9. The zero-order chi connectivity index (χ0) is 8.97. The van der Waals surface area contributed by atoms with Gasteiger partial charge in [0.2, 0.25) is 0 Å². The van der Waals surface area contributed by atoms with E-state index in [2.05, 4.69) is 11.8 Å². The monoisotopic (exact) mass is 200 g/mol. The standard InChI is InChI=1S/C8H5ClO2S/c9-7-5-4-6(12-7)2-1-3-8(10)11/h4-5H,3H2,(H,10,11). The first kappa shape index (κ1) is 9.11. The van der Waals surface area contributed by atoms with Gasteiger partial charge in [-0.2, -0.15) is 0 Å². The molecule has 0 radical (unpaired) electrons. The van der Waals surface area contributed by atoms with Crippen LogP contribution < -0.4 is 0 Å². The number of thiophene rings is 1. The minimum Gasteiger partial charge on any atom is -0.481 e. The molecule has 4 heteroatoms. The number of rotatable bonds is 1. The third kappa shape index (κ3) is 2.95. The smallest absolute Gasteiger partial charge is 0.315 e. The van der Waals surface area contributed by atoms with E-state index in [0.717, 1.165) is 4.88 Å². The predicted molar refractivity (Wildman–Crippen MR) is 48.5 cm³/mol. The summed E-state index contributed by atoms with van der Waals surface area (Å²) >= 11 is 6.97. The molecule has 0 aliphatic heterocycles. The normalized spacial score (nSPS) is 8.75. The molecule has 0 aromatic carbocycles. The van der Waals surface area contributed by atoms with Crippen molar-refractivity contribution in [3.8, 4) is 11.8 Å². The van der Waals surface area contributed by atoms with Gasteiger partial charge in [0.15, 0.2) is 0 Å². The van der Waals surface area contributed by atoms with Gasteiger partial charge >= 0.3 is 5.97 Å². The number of carboxylic acids is 1. The SMILES string of the molecule is O=C(O)CC#Cc1ccc(Cl)s1. The second-order valence-electron chi connectivity index (χ2n) is 1.98. The number of carboxylic acid groups (broad SMARTS) is 1. The maximum atomic E-state index is 10.1. The molecule has 1 aromatic heterocycles. The van der Waals surface area contributed by atoms with Crippen LogP contribution in [0.3, 0.4) is 0 Å². The second-order valence-corrected chi connectivity index (χ2v) is 3.69. The third-order valence-corrected chi connectivity index (χ3v) is 2.17. The van der Waals surface area contributed by atoms with Gasteiger partial charge in [0.1, 0.15) is 6.42 Å². The summed E-state index contributed by atoms with van der Waals surface area (Å²) < 4.78 is 0.662. The van der Waals surface area contributed by atoms with Gasteiger partial charge in [-0.05, 0) is 12.1 Å². The lowest BCUT2D eigenvalue weighted by Gasteiger charge is -1.78. The molecule has 0 saturated heterocycles. The molecule has 62 valence electrons. The molecule has 2 nitrogen and oxygen atoms in total. The fraction of sp³-hybridized carbons (Fsp3) is 0.125. The quantitative estimate of drug-likeness (QED) is 0.706. The molecule has 0 aliphatic rings. The van der Waals surface area contributed by atoms with E-state index in [1.165, 1.54) is 11.3 Å². The van der Waals surface area contributed by atoms with Crippen LogP contribution in [0.25, 0.3) is 0 Å². The molecule has 0 saturated carbocycles. The number of aliphatic carboxylic acids is 1. The number of hydrogen-bond acceptors (Lipinski definition) is 2. The molecule has 0 bridgehead atoms. The van der Waals surface area contributed by atoms with Crippen molar-refractivity contribution in [1.82, 2.24) is 0 Å². The average molecular weight is 201 g/mol. The maximum absolute atomic E-state index is 10.1. The molecule has 1 rings (SSSR count). The Hall–Kier alpha value is -0.980. The summed E-state index contributed by atoms with van der Waals surface area (Å²) in [7, 11) is 0. The highest BCUT2D eigenvalue weighted by Gasteiger charge is 1.93.